The second-order valence-electron chi connectivity index (χ2n) is 4.56. The lowest BCUT2D eigenvalue weighted by molar-refractivity contribution is -0.137. The van der Waals surface area contributed by atoms with Gasteiger partial charge in [0.2, 0.25) is 5.91 Å². The zero-order valence-electron chi connectivity index (χ0n) is 11.5. The van der Waals surface area contributed by atoms with E-state index in [-0.39, 0.29) is 5.69 Å². The molecule has 0 fully saturated rings. The van der Waals surface area contributed by atoms with Crippen LogP contribution in [0.5, 0.6) is 0 Å². The van der Waals surface area contributed by atoms with Crippen molar-refractivity contribution in [2.75, 3.05) is 5.32 Å². The van der Waals surface area contributed by atoms with Crippen LogP contribution in [0.15, 0.2) is 48.5 Å². The van der Waals surface area contributed by atoms with Crippen LogP contribution in [0.2, 0.25) is 10.0 Å². The molecule has 0 bridgehead atoms. The Bertz CT molecular complexity index is 740. The summed E-state index contributed by atoms with van der Waals surface area (Å²) in [6.45, 7) is 0. The summed E-state index contributed by atoms with van der Waals surface area (Å²) < 4.78 is 37.3. The second-order valence-corrected chi connectivity index (χ2v) is 5.41. The molecule has 1 N–H and O–H groups in total. The van der Waals surface area contributed by atoms with Crippen LogP contribution in [0.25, 0.3) is 6.08 Å². The van der Waals surface area contributed by atoms with Gasteiger partial charge in [-0.1, -0.05) is 29.3 Å². The zero-order chi connectivity index (χ0) is 17.0. The molecule has 120 valence electrons. The number of hydrogen-bond donors (Lipinski definition) is 1. The topological polar surface area (TPSA) is 29.1 Å². The number of halogens is 5. The first kappa shape index (κ1) is 17.4. The molecule has 0 aromatic heterocycles. The third kappa shape index (κ3) is 5.01. The normalized spacial score (nSPS) is 11.7. The predicted octanol–water partition coefficient (Wildman–Crippen LogP) is 5.66. The third-order valence-corrected chi connectivity index (χ3v) is 3.42. The van der Waals surface area contributed by atoms with Crippen LogP contribution < -0.4 is 5.32 Å². The van der Waals surface area contributed by atoms with Gasteiger partial charge in [0.05, 0.1) is 5.56 Å². The Morgan fingerprint density at radius 1 is 1.04 bits per heavy atom. The number of amides is 1. The molecule has 0 heterocycles. The van der Waals surface area contributed by atoms with Crippen LogP contribution in [0.3, 0.4) is 0 Å². The van der Waals surface area contributed by atoms with E-state index < -0.39 is 17.6 Å². The summed E-state index contributed by atoms with van der Waals surface area (Å²) in [4.78, 5) is 11.8. The van der Waals surface area contributed by atoms with Gasteiger partial charge in [0.1, 0.15) is 0 Å². The summed E-state index contributed by atoms with van der Waals surface area (Å²) in [7, 11) is 0. The minimum Gasteiger partial charge on any atom is -0.323 e. The Balaban J connectivity index is 2.03. The summed E-state index contributed by atoms with van der Waals surface area (Å²) in [5, 5.41) is 3.32. The third-order valence-electron chi connectivity index (χ3n) is 2.86. The fraction of sp³-hybridized carbons (Fsp3) is 0.0625. The van der Waals surface area contributed by atoms with E-state index in [0.717, 1.165) is 12.1 Å². The smallest absolute Gasteiger partial charge is 0.323 e. The summed E-state index contributed by atoms with van der Waals surface area (Å²) in [6, 6.07) is 8.97. The van der Waals surface area contributed by atoms with Gasteiger partial charge in [0, 0.05) is 21.8 Å². The first-order valence-electron chi connectivity index (χ1n) is 6.37. The molecule has 0 atom stereocenters. The molecule has 23 heavy (non-hydrogen) atoms. The largest absolute Gasteiger partial charge is 0.416 e. The van der Waals surface area contributed by atoms with Crippen LogP contribution in [0.1, 0.15) is 11.1 Å². The highest BCUT2D eigenvalue weighted by molar-refractivity contribution is 6.35. The van der Waals surface area contributed by atoms with Gasteiger partial charge in [-0.3, -0.25) is 4.79 Å². The average Bonchev–Trinajstić information content (AvgIpc) is 2.46. The van der Waals surface area contributed by atoms with Crippen LogP contribution in [0.4, 0.5) is 18.9 Å². The van der Waals surface area contributed by atoms with Gasteiger partial charge in [0.15, 0.2) is 0 Å². The van der Waals surface area contributed by atoms with Crippen LogP contribution in [-0.4, -0.2) is 5.91 Å². The van der Waals surface area contributed by atoms with E-state index in [1.807, 2.05) is 0 Å². The molecule has 0 saturated carbocycles. The van der Waals surface area contributed by atoms with Crippen LogP contribution in [0, 0.1) is 0 Å². The van der Waals surface area contributed by atoms with Gasteiger partial charge < -0.3 is 5.32 Å². The molecule has 0 aliphatic heterocycles. The number of alkyl halides is 3. The van der Waals surface area contributed by atoms with E-state index in [1.165, 1.54) is 30.4 Å². The van der Waals surface area contributed by atoms with E-state index in [2.05, 4.69) is 5.32 Å². The Morgan fingerprint density at radius 2 is 1.70 bits per heavy atom. The Morgan fingerprint density at radius 3 is 2.26 bits per heavy atom. The quantitative estimate of drug-likeness (QED) is 0.703. The molecule has 7 heteroatoms. The van der Waals surface area contributed by atoms with Gasteiger partial charge >= 0.3 is 6.18 Å². The highest BCUT2D eigenvalue weighted by Gasteiger charge is 2.29. The molecule has 0 aliphatic rings. The van der Waals surface area contributed by atoms with E-state index in [4.69, 9.17) is 23.2 Å². The predicted molar refractivity (Wildman–Crippen MR) is 85.6 cm³/mol. The van der Waals surface area contributed by atoms with E-state index in [0.29, 0.717) is 15.6 Å². The number of carbonyl (C=O) groups excluding carboxylic acids is 1. The van der Waals surface area contributed by atoms with Crippen molar-refractivity contribution in [3.63, 3.8) is 0 Å². The van der Waals surface area contributed by atoms with Gasteiger partial charge in [-0.25, -0.2) is 0 Å². The molecular formula is C16H10Cl2F3NO. The molecule has 2 aromatic carbocycles. The fourth-order valence-electron chi connectivity index (χ4n) is 1.73. The van der Waals surface area contributed by atoms with Gasteiger partial charge in [-0.05, 0) is 48.0 Å². The van der Waals surface area contributed by atoms with Crippen molar-refractivity contribution < 1.29 is 18.0 Å². The van der Waals surface area contributed by atoms with Crippen molar-refractivity contribution in [3.05, 3.63) is 69.7 Å². The number of rotatable bonds is 3. The highest BCUT2D eigenvalue weighted by atomic mass is 35.5. The second kappa shape index (κ2) is 7.06. The van der Waals surface area contributed by atoms with Gasteiger partial charge in [0.25, 0.3) is 0 Å². The summed E-state index contributed by atoms with van der Waals surface area (Å²) >= 11 is 11.7. The maximum atomic E-state index is 12.4. The van der Waals surface area contributed by atoms with Crippen molar-refractivity contribution in [2.45, 2.75) is 6.18 Å². The number of carbonyl (C=O) groups is 1. The summed E-state index contributed by atoms with van der Waals surface area (Å²) in [6.07, 6.45) is -1.70. The fourth-order valence-corrected chi connectivity index (χ4v) is 2.20. The number of benzene rings is 2. The van der Waals surface area contributed by atoms with Crippen LogP contribution >= 0.6 is 23.2 Å². The van der Waals surface area contributed by atoms with Gasteiger partial charge in [-0.2, -0.15) is 13.2 Å². The molecule has 2 aromatic rings. The van der Waals surface area contributed by atoms with Crippen molar-refractivity contribution in [1.82, 2.24) is 0 Å². The van der Waals surface area contributed by atoms with Crippen molar-refractivity contribution in [3.8, 4) is 0 Å². The first-order valence-corrected chi connectivity index (χ1v) is 7.13. The summed E-state index contributed by atoms with van der Waals surface area (Å²) in [5.74, 6) is -0.490. The van der Waals surface area contributed by atoms with E-state index in [1.54, 1.807) is 12.1 Å². The maximum Gasteiger partial charge on any atom is 0.416 e. The molecule has 2 nitrogen and oxygen atoms in total. The minimum absolute atomic E-state index is 0.259. The Kier molecular flexibility index (Phi) is 5.34. The molecular weight excluding hydrogens is 350 g/mol. The van der Waals surface area contributed by atoms with Crippen molar-refractivity contribution in [2.24, 2.45) is 0 Å². The number of nitrogens with one attached hydrogen (secondary N) is 1. The molecule has 0 spiro atoms. The molecule has 0 unspecified atom stereocenters. The molecule has 0 saturated heterocycles. The lowest BCUT2D eigenvalue weighted by atomic mass is 10.2. The molecule has 2 rings (SSSR count). The summed E-state index contributed by atoms with van der Waals surface area (Å²) in [5.41, 5.74) is 0.0764. The Hall–Kier alpha value is -1.98. The first-order chi connectivity index (χ1) is 10.8. The molecule has 0 radical (unpaired) electrons. The average molecular weight is 360 g/mol. The molecule has 1 amide bonds. The van der Waals surface area contributed by atoms with Crippen molar-refractivity contribution in [1.29, 1.82) is 0 Å². The highest BCUT2D eigenvalue weighted by Crippen LogP contribution is 2.29. The van der Waals surface area contributed by atoms with E-state index in [9.17, 15) is 18.0 Å². The minimum atomic E-state index is -4.41. The van der Waals surface area contributed by atoms with Gasteiger partial charge in [-0.15, -0.1) is 0 Å². The SMILES string of the molecule is O=C(/C=C/c1ccc(Cl)cc1Cl)Nc1ccc(C(F)(F)F)cc1. The van der Waals surface area contributed by atoms with Crippen LogP contribution in [-0.2, 0) is 11.0 Å². The maximum absolute atomic E-state index is 12.4. The Labute approximate surface area is 140 Å². The lowest BCUT2D eigenvalue weighted by Crippen LogP contribution is -2.09. The van der Waals surface area contributed by atoms with Crippen molar-refractivity contribution >= 4 is 40.9 Å². The number of hydrogen-bond acceptors (Lipinski definition) is 1. The monoisotopic (exact) mass is 359 g/mol. The molecule has 0 aliphatic carbocycles. The zero-order valence-corrected chi connectivity index (χ0v) is 13.0. The lowest BCUT2D eigenvalue weighted by Gasteiger charge is -2.07. The number of anilines is 1. The van der Waals surface area contributed by atoms with E-state index >= 15 is 0 Å². The standard InChI is InChI=1S/C16H10Cl2F3NO/c17-12-5-1-10(14(18)9-12)2-8-15(23)22-13-6-3-11(4-7-13)16(19,20)21/h1-9H,(H,22,23)/b8-2+.